The number of anilines is 1. The Balaban J connectivity index is 0.00000147. The van der Waals surface area contributed by atoms with Gasteiger partial charge in [-0.2, -0.15) is 0 Å². The highest BCUT2D eigenvalue weighted by atomic mass is 35.5. The van der Waals surface area contributed by atoms with Crippen molar-refractivity contribution in [2.24, 2.45) is 5.73 Å². The molecular formula is C16H17ClN2O. The summed E-state index contributed by atoms with van der Waals surface area (Å²) in [7, 11) is 0. The summed E-state index contributed by atoms with van der Waals surface area (Å²) in [6.07, 6.45) is 1.05. The molecule has 3 nitrogen and oxygen atoms in total. The number of carbonyl (C=O) groups excluding carboxylic acids is 1. The Labute approximate surface area is 124 Å². The normalized spacial score (nSPS) is 19.9. The Hall–Kier alpha value is -1.84. The monoisotopic (exact) mass is 288 g/mol. The van der Waals surface area contributed by atoms with Crippen LogP contribution in [0.2, 0.25) is 0 Å². The van der Waals surface area contributed by atoms with Crippen LogP contribution in [-0.2, 0) is 0 Å². The van der Waals surface area contributed by atoms with E-state index in [0.717, 1.165) is 12.1 Å². The molecule has 1 saturated carbocycles. The van der Waals surface area contributed by atoms with Crippen molar-refractivity contribution < 1.29 is 4.79 Å². The van der Waals surface area contributed by atoms with E-state index in [1.54, 1.807) is 0 Å². The Morgan fingerprint density at radius 2 is 1.65 bits per heavy atom. The highest BCUT2D eigenvalue weighted by molar-refractivity contribution is 6.04. The van der Waals surface area contributed by atoms with Crippen LogP contribution in [0, 0.1) is 0 Å². The largest absolute Gasteiger partial charge is 0.327 e. The predicted molar refractivity (Wildman–Crippen MR) is 83.4 cm³/mol. The fourth-order valence-corrected chi connectivity index (χ4v) is 2.20. The summed E-state index contributed by atoms with van der Waals surface area (Å²) in [5.74, 6) is 0.393. The fourth-order valence-electron chi connectivity index (χ4n) is 2.20. The molecule has 1 aliphatic carbocycles. The second-order valence-electron chi connectivity index (χ2n) is 4.95. The number of amides is 1. The van der Waals surface area contributed by atoms with E-state index in [2.05, 4.69) is 5.32 Å². The molecule has 3 rings (SSSR count). The summed E-state index contributed by atoms with van der Waals surface area (Å²) in [4.78, 5) is 12.0. The predicted octanol–water partition coefficient (Wildman–Crippen LogP) is 3.18. The Morgan fingerprint density at radius 3 is 2.20 bits per heavy atom. The minimum absolute atomic E-state index is 0. The third kappa shape index (κ3) is 3.18. The highest BCUT2D eigenvalue weighted by Gasteiger charge is 2.34. The average Bonchev–Trinajstić information content (AvgIpc) is 3.17. The van der Waals surface area contributed by atoms with Gasteiger partial charge in [0.2, 0.25) is 0 Å². The van der Waals surface area contributed by atoms with Crippen LogP contribution in [0.15, 0.2) is 54.6 Å². The first-order valence-corrected chi connectivity index (χ1v) is 6.46. The lowest BCUT2D eigenvalue weighted by molar-refractivity contribution is 0.102. The van der Waals surface area contributed by atoms with Crippen LogP contribution in [0.4, 0.5) is 5.69 Å². The minimum Gasteiger partial charge on any atom is -0.327 e. The molecule has 0 aromatic heterocycles. The van der Waals surface area contributed by atoms with E-state index in [1.165, 1.54) is 5.56 Å². The quantitative estimate of drug-likeness (QED) is 0.911. The smallest absolute Gasteiger partial charge is 0.255 e. The van der Waals surface area contributed by atoms with E-state index >= 15 is 0 Å². The van der Waals surface area contributed by atoms with Crippen LogP contribution in [0.3, 0.4) is 0 Å². The van der Waals surface area contributed by atoms with Crippen molar-refractivity contribution in [1.29, 1.82) is 0 Å². The number of para-hydroxylation sites is 1. The number of hydrogen-bond acceptors (Lipinski definition) is 2. The van der Waals surface area contributed by atoms with Gasteiger partial charge in [-0.3, -0.25) is 4.79 Å². The Morgan fingerprint density at radius 1 is 1.05 bits per heavy atom. The molecule has 0 saturated heterocycles. The van der Waals surface area contributed by atoms with E-state index in [-0.39, 0.29) is 18.3 Å². The molecule has 104 valence electrons. The summed E-state index contributed by atoms with van der Waals surface area (Å²) in [5, 5.41) is 2.87. The van der Waals surface area contributed by atoms with Crippen LogP contribution in [-0.4, -0.2) is 11.9 Å². The molecule has 1 aliphatic rings. The average molecular weight is 289 g/mol. The number of benzene rings is 2. The SMILES string of the molecule is Cl.NC1CC1c1ccc(C(=O)Nc2ccccc2)cc1. The number of halogens is 1. The molecule has 0 heterocycles. The molecule has 20 heavy (non-hydrogen) atoms. The standard InChI is InChI=1S/C16H16N2O.ClH/c17-15-10-14(15)11-6-8-12(9-7-11)16(19)18-13-4-2-1-3-5-13;/h1-9,14-15H,10,17H2,(H,18,19);1H. The number of nitrogens with one attached hydrogen (secondary N) is 1. The van der Waals surface area contributed by atoms with Crippen molar-refractivity contribution in [2.45, 2.75) is 18.4 Å². The maximum Gasteiger partial charge on any atom is 0.255 e. The molecule has 0 bridgehead atoms. The first-order chi connectivity index (χ1) is 9.24. The lowest BCUT2D eigenvalue weighted by Crippen LogP contribution is -2.11. The van der Waals surface area contributed by atoms with E-state index in [9.17, 15) is 4.79 Å². The summed E-state index contributed by atoms with van der Waals surface area (Å²) < 4.78 is 0. The van der Waals surface area contributed by atoms with E-state index in [1.807, 2.05) is 54.6 Å². The zero-order valence-electron chi connectivity index (χ0n) is 11.0. The minimum atomic E-state index is -0.0853. The van der Waals surface area contributed by atoms with Gasteiger partial charge in [0, 0.05) is 23.2 Å². The molecule has 2 atom stereocenters. The van der Waals surface area contributed by atoms with E-state index < -0.39 is 0 Å². The molecular weight excluding hydrogens is 272 g/mol. The summed E-state index contributed by atoms with van der Waals surface area (Å²) in [5.41, 5.74) is 8.52. The van der Waals surface area contributed by atoms with Crippen molar-refractivity contribution in [3.8, 4) is 0 Å². The molecule has 1 amide bonds. The molecule has 1 fully saturated rings. The lowest BCUT2D eigenvalue weighted by atomic mass is 10.1. The summed E-state index contributed by atoms with van der Waals surface area (Å²) in [6, 6.07) is 17.5. The summed E-state index contributed by atoms with van der Waals surface area (Å²) >= 11 is 0. The highest BCUT2D eigenvalue weighted by Crippen LogP contribution is 2.38. The first-order valence-electron chi connectivity index (χ1n) is 6.46. The summed E-state index contributed by atoms with van der Waals surface area (Å²) in [6.45, 7) is 0. The molecule has 0 spiro atoms. The Kier molecular flexibility index (Phi) is 4.42. The van der Waals surface area contributed by atoms with Gasteiger partial charge in [0.25, 0.3) is 5.91 Å². The first kappa shape index (κ1) is 14.6. The molecule has 2 aromatic rings. The Bertz CT molecular complexity index is 583. The zero-order chi connectivity index (χ0) is 13.2. The van der Waals surface area contributed by atoms with Crippen LogP contribution in [0.5, 0.6) is 0 Å². The van der Waals surface area contributed by atoms with Crippen molar-refractivity contribution in [3.05, 3.63) is 65.7 Å². The van der Waals surface area contributed by atoms with E-state index in [0.29, 0.717) is 17.5 Å². The van der Waals surface area contributed by atoms with Crippen molar-refractivity contribution in [2.75, 3.05) is 5.32 Å². The molecule has 0 aliphatic heterocycles. The van der Waals surface area contributed by atoms with Crippen LogP contribution < -0.4 is 11.1 Å². The van der Waals surface area contributed by atoms with Gasteiger partial charge in [0.1, 0.15) is 0 Å². The van der Waals surface area contributed by atoms with Crippen molar-refractivity contribution in [1.82, 2.24) is 0 Å². The molecule has 2 unspecified atom stereocenters. The number of nitrogens with two attached hydrogens (primary N) is 1. The fraction of sp³-hybridized carbons (Fsp3) is 0.188. The van der Waals surface area contributed by atoms with Gasteiger partial charge in [-0.15, -0.1) is 12.4 Å². The van der Waals surface area contributed by atoms with Gasteiger partial charge in [-0.1, -0.05) is 30.3 Å². The van der Waals surface area contributed by atoms with Gasteiger partial charge in [0.15, 0.2) is 0 Å². The van der Waals surface area contributed by atoms with Gasteiger partial charge >= 0.3 is 0 Å². The third-order valence-electron chi connectivity index (χ3n) is 3.47. The molecule has 4 heteroatoms. The van der Waals surface area contributed by atoms with Crippen LogP contribution >= 0.6 is 12.4 Å². The second-order valence-corrected chi connectivity index (χ2v) is 4.95. The maximum absolute atomic E-state index is 12.0. The molecule has 2 aromatic carbocycles. The second kappa shape index (κ2) is 6.07. The number of hydrogen-bond donors (Lipinski definition) is 2. The van der Waals surface area contributed by atoms with Gasteiger partial charge in [-0.25, -0.2) is 0 Å². The topological polar surface area (TPSA) is 55.1 Å². The number of rotatable bonds is 3. The van der Waals surface area contributed by atoms with Crippen molar-refractivity contribution >= 4 is 24.0 Å². The van der Waals surface area contributed by atoms with Crippen LogP contribution in [0.1, 0.15) is 28.3 Å². The number of carbonyl (C=O) groups is 1. The molecule has 3 N–H and O–H groups in total. The van der Waals surface area contributed by atoms with Gasteiger partial charge in [-0.05, 0) is 36.2 Å². The van der Waals surface area contributed by atoms with Gasteiger partial charge in [0.05, 0.1) is 0 Å². The van der Waals surface area contributed by atoms with Crippen molar-refractivity contribution in [3.63, 3.8) is 0 Å². The third-order valence-corrected chi connectivity index (χ3v) is 3.47. The maximum atomic E-state index is 12.0. The molecule has 0 radical (unpaired) electrons. The van der Waals surface area contributed by atoms with Crippen LogP contribution in [0.25, 0.3) is 0 Å². The zero-order valence-corrected chi connectivity index (χ0v) is 11.8. The van der Waals surface area contributed by atoms with Gasteiger partial charge < -0.3 is 11.1 Å². The lowest BCUT2D eigenvalue weighted by Gasteiger charge is -2.06. The van der Waals surface area contributed by atoms with E-state index in [4.69, 9.17) is 5.73 Å².